The molecule has 49 heavy (non-hydrogen) atoms. The average Bonchev–Trinajstić information content (AvgIpc) is 3.66. The highest BCUT2D eigenvalue weighted by Crippen LogP contribution is 2.49. The van der Waals surface area contributed by atoms with E-state index in [1.165, 1.54) is 83.1 Å². The molecule has 0 aliphatic rings. The van der Waals surface area contributed by atoms with Gasteiger partial charge in [0, 0.05) is 44.3 Å². The molecule has 9 rings (SSSR count). The van der Waals surface area contributed by atoms with Gasteiger partial charge in [-0.15, -0.1) is 0 Å². The summed E-state index contributed by atoms with van der Waals surface area (Å²) < 4.78 is 2.50. The molecule has 0 radical (unpaired) electrons. The van der Waals surface area contributed by atoms with Gasteiger partial charge in [-0.25, -0.2) is 0 Å². The normalized spacial score (nSPS) is 11.7. The van der Waals surface area contributed by atoms with Crippen LogP contribution in [0.2, 0.25) is 0 Å². The zero-order chi connectivity index (χ0) is 33.2. The van der Waals surface area contributed by atoms with Crippen molar-refractivity contribution in [2.24, 2.45) is 0 Å². The van der Waals surface area contributed by atoms with Crippen LogP contribution in [0.25, 0.3) is 38.1 Å². The van der Waals surface area contributed by atoms with Crippen LogP contribution in [0.3, 0.4) is 0 Å². The first-order valence-corrected chi connectivity index (χ1v) is 17.0. The van der Waals surface area contributed by atoms with Crippen LogP contribution in [0.15, 0.2) is 152 Å². The molecule has 0 unspecified atom stereocenters. The molecule has 7 aromatic carbocycles. The van der Waals surface area contributed by atoms with Crippen LogP contribution in [0, 0.1) is 27.7 Å². The predicted molar refractivity (Wildman–Crippen MR) is 209 cm³/mol. The Balaban J connectivity index is 1.37. The van der Waals surface area contributed by atoms with Crippen LogP contribution < -0.4 is 9.80 Å². The summed E-state index contributed by atoms with van der Waals surface area (Å²) in [6.07, 6.45) is 0. The maximum atomic E-state index is 2.50. The summed E-state index contributed by atoms with van der Waals surface area (Å²) in [5.41, 5.74) is 15.7. The Labute approximate surface area is 287 Å². The van der Waals surface area contributed by atoms with Crippen molar-refractivity contribution in [3.63, 3.8) is 0 Å². The van der Waals surface area contributed by atoms with E-state index in [2.05, 4.69) is 194 Å². The number of fused-ring (bicyclic) bond motifs is 6. The van der Waals surface area contributed by atoms with E-state index in [0.717, 1.165) is 11.4 Å². The summed E-state index contributed by atoms with van der Waals surface area (Å²) in [6, 6.07) is 55.5. The van der Waals surface area contributed by atoms with E-state index in [-0.39, 0.29) is 0 Å². The van der Waals surface area contributed by atoms with Crippen LogP contribution in [0.1, 0.15) is 22.3 Å². The van der Waals surface area contributed by atoms with Gasteiger partial charge in [-0.1, -0.05) is 91.0 Å². The van der Waals surface area contributed by atoms with E-state index in [1.54, 1.807) is 0 Å². The standard InChI is InChI=1S/C46H37N3/c1-30-24-26-32(3)42(28-30)47(34-14-7-5-8-15-34)38-20-12-22-40-44(38)36-18-11-19-37-45-39(21-13-23-41(45)49(40)46(36)37)48(35-16-9-6-10-17-35)43-29-31(2)25-27-33(43)4/h5-29H,1-4H3. The van der Waals surface area contributed by atoms with Gasteiger partial charge in [0.05, 0.1) is 27.9 Å². The summed E-state index contributed by atoms with van der Waals surface area (Å²) in [6.45, 7) is 8.77. The molecular formula is C46H37N3. The first-order chi connectivity index (χ1) is 24.0. The molecule has 0 saturated carbocycles. The van der Waals surface area contributed by atoms with Crippen LogP contribution in [0.5, 0.6) is 0 Å². The second kappa shape index (κ2) is 11.3. The summed E-state index contributed by atoms with van der Waals surface area (Å²) in [5, 5.41) is 5.04. The molecule has 0 aliphatic heterocycles. The minimum atomic E-state index is 1.15. The summed E-state index contributed by atoms with van der Waals surface area (Å²) >= 11 is 0. The molecule has 0 fully saturated rings. The highest BCUT2D eigenvalue weighted by atomic mass is 15.2. The molecule has 0 amide bonds. The molecule has 236 valence electrons. The van der Waals surface area contributed by atoms with Gasteiger partial charge in [-0.3, -0.25) is 0 Å². The molecule has 9 aromatic rings. The monoisotopic (exact) mass is 631 g/mol. The van der Waals surface area contributed by atoms with Gasteiger partial charge in [0.1, 0.15) is 0 Å². The van der Waals surface area contributed by atoms with E-state index in [9.17, 15) is 0 Å². The van der Waals surface area contributed by atoms with Crippen molar-refractivity contribution in [2.45, 2.75) is 27.7 Å². The minimum Gasteiger partial charge on any atom is -0.310 e. The Morgan fingerprint density at radius 3 is 1.27 bits per heavy atom. The molecule has 3 heteroatoms. The zero-order valence-corrected chi connectivity index (χ0v) is 28.3. The third-order valence-electron chi connectivity index (χ3n) is 10.0. The molecule has 2 heterocycles. The second-order valence-electron chi connectivity index (χ2n) is 13.3. The molecule has 2 aromatic heterocycles. The quantitative estimate of drug-likeness (QED) is 0.181. The Morgan fingerprint density at radius 1 is 0.388 bits per heavy atom. The number of aromatic nitrogens is 1. The number of hydrogen-bond acceptors (Lipinski definition) is 2. The van der Waals surface area contributed by atoms with E-state index in [4.69, 9.17) is 0 Å². The lowest BCUT2D eigenvalue weighted by molar-refractivity contribution is 1.24. The summed E-state index contributed by atoms with van der Waals surface area (Å²) in [4.78, 5) is 4.88. The Bertz CT molecular complexity index is 2470. The third kappa shape index (κ3) is 4.50. The lowest BCUT2D eigenvalue weighted by atomic mass is 10.0. The number of hydrogen-bond donors (Lipinski definition) is 0. The highest BCUT2D eigenvalue weighted by molar-refractivity contribution is 6.28. The Hall–Kier alpha value is -6.06. The van der Waals surface area contributed by atoms with E-state index in [0.29, 0.717) is 0 Å². The molecule has 3 nitrogen and oxygen atoms in total. The Kier molecular flexibility index (Phi) is 6.70. The van der Waals surface area contributed by atoms with Gasteiger partial charge in [0.15, 0.2) is 0 Å². The highest BCUT2D eigenvalue weighted by Gasteiger charge is 2.26. The predicted octanol–water partition coefficient (Wildman–Crippen LogP) is 13.0. The number of benzene rings is 7. The summed E-state index contributed by atoms with van der Waals surface area (Å²) in [7, 11) is 0. The van der Waals surface area contributed by atoms with E-state index < -0.39 is 0 Å². The fraction of sp³-hybridized carbons (Fsp3) is 0.0870. The fourth-order valence-corrected chi connectivity index (χ4v) is 7.80. The van der Waals surface area contributed by atoms with Gasteiger partial charge in [0.25, 0.3) is 0 Å². The molecule has 0 bridgehead atoms. The van der Waals surface area contributed by atoms with Crippen LogP contribution >= 0.6 is 0 Å². The van der Waals surface area contributed by atoms with Crippen molar-refractivity contribution < 1.29 is 0 Å². The average molecular weight is 632 g/mol. The number of nitrogens with zero attached hydrogens (tertiary/aromatic N) is 3. The maximum absolute atomic E-state index is 2.50. The van der Waals surface area contributed by atoms with Crippen molar-refractivity contribution in [1.29, 1.82) is 0 Å². The van der Waals surface area contributed by atoms with E-state index in [1.807, 2.05) is 0 Å². The first kappa shape index (κ1) is 29.1. The van der Waals surface area contributed by atoms with Crippen molar-refractivity contribution in [1.82, 2.24) is 4.40 Å². The molecular weight excluding hydrogens is 595 g/mol. The van der Waals surface area contributed by atoms with Crippen LogP contribution in [-0.2, 0) is 0 Å². The van der Waals surface area contributed by atoms with Crippen LogP contribution in [0.4, 0.5) is 34.1 Å². The third-order valence-corrected chi connectivity index (χ3v) is 10.0. The topological polar surface area (TPSA) is 10.9 Å². The molecule has 0 N–H and O–H groups in total. The first-order valence-electron chi connectivity index (χ1n) is 17.0. The van der Waals surface area contributed by atoms with Crippen molar-refractivity contribution in [3.05, 3.63) is 174 Å². The van der Waals surface area contributed by atoms with Gasteiger partial charge in [-0.2, -0.15) is 0 Å². The largest absolute Gasteiger partial charge is 0.310 e. The van der Waals surface area contributed by atoms with Crippen molar-refractivity contribution in [3.8, 4) is 0 Å². The van der Waals surface area contributed by atoms with Gasteiger partial charge >= 0.3 is 0 Å². The van der Waals surface area contributed by atoms with Gasteiger partial charge < -0.3 is 14.2 Å². The zero-order valence-electron chi connectivity index (χ0n) is 28.3. The van der Waals surface area contributed by atoms with Crippen molar-refractivity contribution >= 4 is 72.2 Å². The fourth-order valence-electron chi connectivity index (χ4n) is 7.80. The number of para-hydroxylation sites is 3. The molecule has 0 atom stereocenters. The molecule has 0 aliphatic carbocycles. The molecule has 0 spiro atoms. The SMILES string of the molecule is Cc1ccc(C)c(N(c2ccccc2)c2cccc3c2c2cccc4c5c(N(c6ccccc6)c6cc(C)ccc6C)cccc5n3c24)c1. The van der Waals surface area contributed by atoms with Gasteiger partial charge in [0.2, 0.25) is 0 Å². The Morgan fingerprint density at radius 2 is 0.816 bits per heavy atom. The summed E-state index contributed by atoms with van der Waals surface area (Å²) in [5.74, 6) is 0. The molecule has 0 saturated heterocycles. The number of anilines is 6. The minimum absolute atomic E-state index is 1.15. The maximum Gasteiger partial charge on any atom is 0.0622 e. The lowest BCUT2D eigenvalue weighted by Crippen LogP contribution is -2.12. The van der Waals surface area contributed by atoms with E-state index >= 15 is 0 Å². The number of aryl methyl sites for hydroxylation is 4. The number of rotatable bonds is 6. The van der Waals surface area contributed by atoms with Gasteiger partial charge in [-0.05, 0) is 111 Å². The smallest absolute Gasteiger partial charge is 0.0622 e. The van der Waals surface area contributed by atoms with Crippen molar-refractivity contribution in [2.75, 3.05) is 9.80 Å². The lowest BCUT2D eigenvalue weighted by Gasteiger charge is -2.28. The second-order valence-corrected chi connectivity index (χ2v) is 13.3. The van der Waals surface area contributed by atoms with Crippen LogP contribution in [-0.4, -0.2) is 4.40 Å².